The summed E-state index contributed by atoms with van der Waals surface area (Å²) in [5, 5.41) is 3.11. The first-order valence-corrected chi connectivity index (χ1v) is 10.8. The SMILES string of the molecule is Cc1ccccc1NCC(=O)NN[C@@H]1CCc2c1[nH]c(=O)n(C1CCCCC1)c2=O. The van der Waals surface area contributed by atoms with Gasteiger partial charge in [-0.1, -0.05) is 37.5 Å². The lowest BCUT2D eigenvalue weighted by Gasteiger charge is -2.23. The zero-order chi connectivity index (χ0) is 21.1. The van der Waals surface area contributed by atoms with E-state index in [2.05, 4.69) is 21.2 Å². The molecule has 8 heteroatoms. The molecule has 0 aliphatic heterocycles. The van der Waals surface area contributed by atoms with E-state index in [4.69, 9.17) is 0 Å². The number of para-hydroxylation sites is 1. The van der Waals surface area contributed by atoms with Gasteiger partial charge in [0.05, 0.1) is 12.6 Å². The lowest BCUT2D eigenvalue weighted by Crippen LogP contribution is -2.44. The molecular weight excluding hydrogens is 382 g/mol. The van der Waals surface area contributed by atoms with Crippen LogP contribution >= 0.6 is 0 Å². The fourth-order valence-corrected chi connectivity index (χ4v) is 4.55. The predicted octanol–water partition coefficient (Wildman–Crippen LogP) is 2.07. The average Bonchev–Trinajstić information content (AvgIpc) is 3.15. The first kappa shape index (κ1) is 20.4. The molecule has 1 heterocycles. The van der Waals surface area contributed by atoms with Crippen LogP contribution in [0.3, 0.4) is 0 Å². The van der Waals surface area contributed by atoms with E-state index in [0.717, 1.165) is 36.9 Å². The zero-order valence-electron chi connectivity index (χ0n) is 17.3. The molecule has 1 fully saturated rings. The summed E-state index contributed by atoms with van der Waals surface area (Å²) in [6.45, 7) is 2.10. The number of hydrogen-bond donors (Lipinski definition) is 4. The van der Waals surface area contributed by atoms with Gasteiger partial charge in [0.15, 0.2) is 0 Å². The van der Waals surface area contributed by atoms with Gasteiger partial charge in [-0.2, -0.15) is 0 Å². The van der Waals surface area contributed by atoms with Crippen molar-refractivity contribution in [1.82, 2.24) is 20.4 Å². The summed E-state index contributed by atoms with van der Waals surface area (Å²) in [6.07, 6.45) is 6.29. The van der Waals surface area contributed by atoms with Crippen LogP contribution in [0.4, 0.5) is 5.69 Å². The molecule has 0 bridgehead atoms. The minimum absolute atomic E-state index is 0.000436. The van der Waals surface area contributed by atoms with Gasteiger partial charge in [-0.15, -0.1) is 0 Å². The number of aromatic amines is 1. The third-order valence-corrected chi connectivity index (χ3v) is 6.20. The van der Waals surface area contributed by atoms with Gasteiger partial charge in [-0.05, 0) is 44.2 Å². The minimum atomic E-state index is -0.341. The lowest BCUT2D eigenvalue weighted by atomic mass is 9.95. The summed E-state index contributed by atoms with van der Waals surface area (Å²) in [6, 6.07) is 7.49. The summed E-state index contributed by atoms with van der Waals surface area (Å²) in [4.78, 5) is 40.8. The molecule has 4 rings (SSSR count). The van der Waals surface area contributed by atoms with Crippen molar-refractivity contribution in [2.24, 2.45) is 0 Å². The summed E-state index contributed by atoms with van der Waals surface area (Å²) in [7, 11) is 0. The Morgan fingerprint density at radius 2 is 1.90 bits per heavy atom. The van der Waals surface area contributed by atoms with Crippen molar-refractivity contribution in [2.45, 2.75) is 64.0 Å². The van der Waals surface area contributed by atoms with E-state index >= 15 is 0 Å². The number of benzene rings is 1. The Labute approximate surface area is 175 Å². The van der Waals surface area contributed by atoms with E-state index in [1.165, 1.54) is 11.0 Å². The number of rotatable bonds is 6. The number of nitrogens with one attached hydrogen (secondary N) is 4. The molecule has 8 nitrogen and oxygen atoms in total. The Morgan fingerprint density at radius 1 is 1.13 bits per heavy atom. The molecule has 0 spiro atoms. The van der Waals surface area contributed by atoms with Crippen molar-refractivity contribution in [2.75, 3.05) is 11.9 Å². The van der Waals surface area contributed by atoms with Crippen LogP contribution in [-0.2, 0) is 11.2 Å². The molecule has 1 amide bonds. The van der Waals surface area contributed by atoms with Gasteiger partial charge < -0.3 is 10.3 Å². The monoisotopic (exact) mass is 411 g/mol. The van der Waals surface area contributed by atoms with Crippen molar-refractivity contribution in [1.29, 1.82) is 0 Å². The van der Waals surface area contributed by atoms with Crippen LogP contribution in [0.1, 0.15) is 67.4 Å². The van der Waals surface area contributed by atoms with Crippen molar-refractivity contribution >= 4 is 11.6 Å². The fraction of sp³-hybridized carbons (Fsp3) is 0.500. The van der Waals surface area contributed by atoms with Crippen LogP contribution in [0.2, 0.25) is 0 Å². The van der Waals surface area contributed by atoms with Crippen LogP contribution in [0.15, 0.2) is 33.9 Å². The van der Waals surface area contributed by atoms with Gasteiger partial charge in [-0.25, -0.2) is 10.2 Å². The smallest absolute Gasteiger partial charge is 0.328 e. The molecule has 4 N–H and O–H groups in total. The highest BCUT2D eigenvalue weighted by molar-refractivity contribution is 5.80. The zero-order valence-corrected chi connectivity index (χ0v) is 17.3. The molecule has 1 atom stereocenters. The van der Waals surface area contributed by atoms with Gasteiger partial charge in [-0.3, -0.25) is 19.6 Å². The highest BCUT2D eigenvalue weighted by atomic mass is 16.2. The van der Waals surface area contributed by atoms with Crippen LogP contribution in [0, 0.1) is 6.92 Å². The predicted molar refractivity (Wildman–Crippen MR) is 115 cm³/mol. The largest absolute Gasteiger partial charge is 0.376 e. The fourth-order valence-electron chi connectivity index (χ4n) is 4.55. The maximum atomic E-state index is 13.0. The van der Waals surface area contributed by atoms with Gasteiger partial charge in [0.1, 0.15) is 0 Å². The molecule has 0 radical (unpaired) electrons. The molecule has 160 valence electrons. The number of hydrogen-bond acceptors (Lipinski definition) is 5. The number of aryl methyl sites for hydroxylation is 1. The quantitative estimate of drug-likeness (QED) is 0.544. The summed E-state index contributed by atoms with van der Waals surface area (Å²) in [5.41, 5.74) is 8.40. The van der Waals surface area contributed by atoms with Crippen molar-refractivity contribution in [3.63, 3.8) is 0 Å². The van der Waals surface area contributed by atoms with Crippen molar-refractivity contribution in [3.8, 4) is 0 Å². The number of carbonyl (C=O) groups is 1. The van der Waals surface area contributed by atoms with E-state index in [0.29, 0.717) is 24.1 Å². The Kier molecular flexibility index (Phi) is 6.03. The standard InChI is InChI=1S/C22H29N5O3/c1-14-7-5-6-10-17(14)23-13-19(28)26-25-18-12-11-16-20(18)24-22(30)27(21(16)29)15-8-3-2-4-9-15/h5-7,10,15,18,23,25H,2-4,8-9,11-13H2,1H3,(H,24,30)(H,26,28)/t18-/m1/s1. The highest BCUT2D eigenvalue weighted by Crippen LogP contribution is 2.29. The molecule has 1 aromatic carbocycles. The Bertz CT molecular complexity index is 1040. The number of carbonyl (C=O) groups excluding carboxylic acids is 1. The van der Waals surface area contributed by atoms with Gasteiger partial charge in [0.25, 0.3) is 11.5 Å². The topological polar surface area (TPSA) is 108 Å². The summed E-state index contributed by atoms with van der Waals surface area (Å²) < 4.78 is 1.42. The van der Waals surface area contributed by atoms with Crippen LogP contribution < -0.4 is 27.4 Å². The van der Waals surface area contributed by atoms with Crippen molar-refractivity contribution in [3.05, 3.63) is 61.9 Å². The van der Waals surface area contributed by atoms with E-state index in [1.54, 1.807) is 0 Å². The number of fused-ring (bicyclic) bond motifs is 1. The molecule has 1 aromatic heterocycles. The number of amides is 1. The molecule has 0 saturated heterocycles. The normalized spacial score (nSPS) is 18.8. The molecule has 1 saturated carbocycles. The van der Waals surface area contributed by atoms with Crippen molar-refractivity contribution < 1.29 is 4.79 Å². The molecule has 30 heavy (non-hydrogen) atoms. The van der Waals surface area contributed by atoms with Crippen LogP contribution in [0.5, 0.6) is 0 Å². The third-order valence-electron chi connectivity index (χ3n) is 6.20. The second-order valence-electron chi connectivity index (χ2n) is 8.24. The first-order chi connectivity index (χ1) is 14.5. The second-order valence-corrected chi connectivity index (χ2v) is 8.24. The van der Waals surface area contributed by atoms with E-state index in [9.17, 15) is 14.4 Å². The molecule has 2 aliphatic carbocycles. The Morgan fingerprint density at radius 3 is 2.67 bits per heavy atom. The van der Waals surface area contributed by atoms with E-state index in [-0.39, 0.29) is 35.8 Å². The van der Waals surface area contributed by atoms with Crippen LogP contribution in [-0.4, -0.2) is 22.0 Å². The number of H-pyrrole nitrogens is 1. The number of aromatic nitrogens is 2. The molecular formula is C22H29N5O3. The number of anilines is 1. The number of hydrazine groups is 1. The second kappa shape index (κ2) is 8.87. The summed E-state index contributed by atoms with van der Waals surface area (Å²) >= 11 is 0. The summed E-state index contributed by atoms with van der Waals surface area (Å²) in [5.74, 6) is -0.218. The number of nitrogens with zero attached hydrogens (tertiary/aromatic N) is 1. The Balaban J connectivity index is 1.40. The highest BCUT2D eigenvalue weighted by Gasteiger charge is 2.30. The Hall–Kier alpha value is -2.87. The van der Waals surface area contributed by atoms with Gasteiger partial charge in [0.2, 0.25) is 0 Å². The minimum Gasteiger partial charge on any atom is -0.376 e. The molecule has 2 aliphatic rings. The maximum Gasteiger partial charge on any atom is 0.328 e. The van der Waals surface area contributed by atoms with Gasteiger partial charge in [0, 0.05) is 23.0 Å². The molecule has 0 unspecified atom stereocenters. The third kappa shape index (κ3) is 4.18. The lowest BCUT2D eigenvalue weighted by molar-refractivity contribution is -0.120. The van der Waals surface area contributed by atoms with E-state index in [1.807, 2.05) is 31.2 Å². The first-order valence-electron chi connectivity index (χ1n) is 10.8. The average molecular weight is 412 g/mol. The van der Waals surface area contributed by atoms with Gasteiger partial charge >= 0.3 is 5.69 Å². The maximum absolute atomic E-state index is 13.0. The van der Waals surface area contributed by atoms with Crippen LogP contribution in [0.25, 0.3) is 0 Å². The molecule has 2 aromatic rings. The van der Waals surface area contributed by atoms with E-state index < -0.39 is 0 Å².